The molecule has 142 valence electrons. The number of ether oxygens (including phenoxy) is 1. The molecule has 6 nitrogen and oxygen atoms in total. The van der Waals surface area contributed by atoms with Gasteiger partial charge in [0.15, 0.2) is 0 Å². The van der Waals surface area contributed by atoms with Crippen LogP contribution in [0.1, 0.15) is 26.5 Å². The van der Waals surface area contributed by atoms with Crippen LogP contribution in [0.5, 0.6) is 5.75 Å². The summed E-state index contributed by atoms with van der Waals surface area (Å²) in [5.41, 5.74) is 2.68. The molecule has 0 aliphatic rings. The number of aromatic amines is 1. The van der Waals surface area contributed by atoms with Crippen molar-refractivity contribution in [1.29, 1.82) is 0 Å². The summed E-state index contributed by atoms with van der Waals surface area (Å²) in [6.45, 7) is 1.63. The summed E-state index contributed by atoms with van der Waals surface area (Å²) in [6.07, 6.45) is -1.89. The first kappa shape index (κ1) is 18.9. The highest BCUT2D eigenvalue weighted by molar-refractivity contribution is 7.17. The number of rotatable bonds is 6. The summed E-state index contributed by atoms with van der Waals surface area (Å²) in [5, 5.41) is 16.6. The van der Waals surface area contributed by atoms with Crippen molar-refractivity contribution in [2.24, 2.45) is 0 Å². The Labute approximate surface area is 155 Å². The van der Waals surface area contributed by atoms with Gasteiger partial charge in [-0.25, -0.2) is 9.78 Å². The molecule has 0 unspecified atom stereocenters. The number of aryl methyl sites for hydroxylation is 3. The number of hydrogen-bond donors (Lipinski definition) is 2. The van der Waals surface area contributed by atoms with Gasteiger partial charge in [-0.3, -0.25) is 5.10 Å². The number of halogens is 3. The molecule has 27 heavy (non-hydrogen) atoms. The van der Waals surface area contributed by atoms with Crippen LogP contribution in [-0.2, 0) is 12.8 Å². The van der Waals surface area contributed by atoms with Crippen molar-refractivity contribution < 1.29 is 27.8 Å². The molecular formula is C17H14F3N3O3S. The van der Waals surface area contributed by atoms with Crippen LogP contribution in [0.25, 0.3) is 10.7 Å². The van der Waals surface area contributed by atoms with Gasteiger partial charge >= 0.3 is 12.3 Å². The van der Waals surface area contributed by atoms with Crippen LogP contribution >= 0.6 is 11.3 Å². The van der Waals surface area contributed by atoms with E-state index in [1.165, 1.54) is 12.1 Å². The van der Waals surface area contributed by atoms with Gasteiger partial charge in [0, 0.05) is 11.8 Å². The second kappa shape index (κ2) is 7.39. The van der Waals surface area contributed by atoms with Crippen molar-refractivity contribution in [2.45, 2.75) is 26.1 Å². The molecule has 3 rings (SSSR count). The van der Waals surface area contributed by atoms with Gasteiger partial charge in [0.05, 0.1) is 5.69 Å². The lowest BCUT2D eigenvalue weighted by Gasteiger charge is -2.09. The Bertz CT molecular complexity index is 948. The predicted molar refractivity (Wildman–Crippen MR) is 91.9 cm³/mol. The summed E-state index contributed by atoms with van der Waals surface area (Å²) in [4.78, 5) is 15.6. The fourth-order valence-electron chi connectivity index (χ4n) is 2.52. The van der Waals surface area contributed by atoms with Gasteiger partial charge in [0.25, 0.3) is 0 Å². The molecule has 0 amide bonds. The number of alkyl halides is 3. The van der Waals surface area contributed by atoms with Crippen molar-refractivity contribution >= 4 is 17.3 Å². The fraction of sp³-hybridized carbons (Fsp3) is 0.235. The number of aromatic nitrogens is 3. The van der Waals surface area contributed by atoms with Gasteiger partial charge < -0.3 is 9.84 Å². The molecule has 0 fully saturated rings. The lowest BCUT2D eigenvalue weighted by atomic mass is 10.0. The van der Waals surface area contributed by atoms with Crippen molar-refractivity contribution in [1.82, 2.24) is 15.2 Å². The van der Waals surface area contributed by atoms with E-state index in [-0.39, 0.29) is 10.6 Å². The van der Waals surface area contributed by atoms with E-state index in [9.17, 15) is 18.0 Å². The number of hydrogen-bond acceptors (Lipinski definition) is 5. The van der Waals surface area contributed by atoms with Crippen molar-refractivity contribution in [2.75, 3.05) is 0 Å². The third-order valence-corrected chi connectivity index (χ3v) is 4.90. The topological polar surface area (TPSA) is 88.1 Å². The fourth-order valence-corrected chi connectivity index (χ4v) is 3.45. The lowest BCUT2D eigenvalue weighted by Crippen LogP contribution is -2.17. The Morgan fingerprint density at radius 3 is 2.56 bits per heavy atom. The van der Waals surface area contributed by atoms with Crippen molar-refractivity contribution in [3.8, 4) is 16.5 Å². The van der Waals surface area contributed by atoms with E-state index in [1.54, 1.807) is 25.3 Å². The Hall–Kier alpha value is -2.88. The van der Waals surface area contributed by atoms with Crippen LogP contribution in [0.3, 0.4) is 0 Å². The predicted octanol–water partition coefficient (Wildman–Crippen LogP) is 4.22. The first-order chi connectivity index (χ1) is 12.7. The average molecular weight is 397 g/mol. The summed E-state index contributed by atoms with van der Waals surface area (Å²) in [5.74, 6) is -1.30. The van der Waals surface area contributed by atoms with Crippen LogP contribution < -0.4 is 4.74 Å². The van der Waals surface area contributed by atoms with E-state index in [1.807, 2.05) is 0 Å². The lowest BCUT2D eigenvalue weighted by molar-refractivity contribution is -0.274. The molecular weight excluding hydrogens is 383 g/mol. The Balaban J connectivity index is 1.70. The Kier molecular flexibility index (Phi) is 5.17. The van der Waals surface area contributed by atoms with E-state index in [0.717, 1.165) is 22.5 Å². The molecule has 2 N–H and O–H groups in total. The maximum absolute atomic E-state index is 12.2. The number of nitrogens with one attached hydrogen (secondary N) is 1. The zero-order chi connectivity index (χ0) is 19.6. The van der Waals surface area contributed by atoms with Crippen molar-refractivity contribution in [3.05, 3.63) is 52.2 Å². The molecule has 3 aromatic rings. The third-order valence-electron chi connectivity index (χ3n) is 3.75. The minimum Gasteiger partial charge on any atom is -0.477 e. The summed E-state index contributed by atoms with van der Waals surface area (Å²) >= 11 is 1.05. The number of thiazole rings is 1. The van der Waals surface area contributed by atoms with Crippen LogP contribution in [0, 0.1) is 6.92 Å². The largest absolute Gasteiger partial charge is 0.573 e. The van der Waals surface area contributed by atoms with Gasteiger partial charge in [-0.15, -0.1) is 24.5 Å². The second-order valence-electron chi connectivity index (χ2n) is 5.69. The highest BCUT2D eigenvalue weighted by Crippen LogP contribution is 2.29. The average Bonchev–Trinajstić information content (AvgIpc) is 3.19. The molecule has 0 aliphatic heterocycles. The molecule has 1 aromatic carbocycles. The molecule has 0 spiro atoms. The summed E-state index contributed by atoms with van der Waals surface area (Å²) < 4.78 is 40.4. The smallest absolute Gasteiger partial charge is 0.477 e. The summed E-state index contributed by atoms with van der Waals surface area (Å²) in [7, 11) is 0. The second-order valence-corrected chi connectivity index (χ2v) is 6.69. The third kappa shape index (κ3) is 4.64. The van der Waals surface area contributed by atoms with Crippen LogP contribution in [-0.4, -0.2) is 32.6 Å². The zero-order valence-electron chi connectivity index (χ0n) is 14.0. The number of H-pyrrole nitrogens is 1. The number of aromatic carboxylic acids is 1. The molecule has 0 radical (unpaired) electrons. The molecule has 10 heteroatoms. The van der Waals surface area contributed by atoms with E-state index < -0.39 is 12.3 Å². The number of nitrogens with zero attached hydrogens (tertiary/aromatic N) is 2. The zero-order valence-corrected chi connectivity index (χ0v) is 14.8. The normalized spacial score (nSPS) is 11.6. The SMILES string of the molecule is Cc1nc(-c2n[nH]cc2CCc2ccc(OC(F)(F)F)cc2)sc1C(=O)O. The highest BCUT2D eigenvalue weighted by Gasteiger charge is 2.30. The number of carboxylic acid groups (broad SMARTS) is 1. The van der Waals surface area contributed by atoms with Crippen LogP contribution in [0.15, 0.2) is 30.5 Å². The van der Waals surface area contributed by atoms with Crippen molar-refractivity contribution in [3.63, 3.8) is 0 Å². The van der Waals surface area contributed by atoms with Gasteiger partial charge in [0.2, 0.25) is 0 Å². The van der Waals surface area contributed by atoms with Gasteiger partial charge in [0.1, 0.15) is 21.3 Å². The monoisotopic (exact) mass is 397 g/mol. The number of carbonyl (C=O) groups is 1. The van der Waals surface area contributed by atoms with Crippen LogP contribution in [0.2, 0.25) is 0 Å². The Morgan fingerprint density at radius 2 is 1.96 bits per heavy atom. The van der Waals surface area contributed by atoms with Gasteiger partial charge in [-0.2, -0.15) is 5.10 Å². The molecule has 0 saturated carbocycles. The summed E-state index contributed by atoms with van der Waals surface area (Å²) in [6, 6.07) is 5.67. The quantitative estimate of drug-likeness (QED) is 0.650. The standard InChI is InChI=1S/C17H14F3N3O3S/c1-9-14(16(24)25)27-15(22-9)13-11(8-21-23-13)5-2-10-3-6-12(7-4-10)26-17(18,19)20/h3-4,6-8H,2,5H2,1H3,(H,21,23)(H,24,25). The molecule has 0 aliphatic carbocycles. The molecule has 0 saturated heterocycles. The maximum Gasteiger partial charge on any atom is 0.573 e. The van der Waals surface area contributed by atoms with Crippen LogP contribution in [0.4, 0.5) is 13.2 Å². The molecule has 2 aromatic heterocycles. The molecule has 0 bridgehead atoms. The highest BCUT2D eigenvalue weighted by atomic mass is 32.1. The first-order valence-corrected chi connectivity index (χ1v) is 8.63. The van der Waals surface area contributed by atoms with E-state index in [4.69, 9.17) is 5.11 Å². The molecule has 2 heterocycles. The minimum absolute atomic E-state index is 0.166. The van der Waals surface area contributed by atoms with Gasteiger partial charge in [-0.1, -0.05) is 12.1 Å². The van der Waals surface area contributed by atoms with E-state index in [2.05, 4.69) is 19.9 Å². The number of carboxylic acids is 1. The minimum atomic E-state index is -4.71. The Morgan fingerprint density at radius 1 is 1.26 bits per heavy atom. The van der Waals surface area contributed by atoms with E-state index >= 15 is 0 Å². The van der Waals surface area contributed by atoms with E-state index in [0.29, 0.717) is 29.2 Å². The van der Waals surface area contributed by atoms with Gasteiger partial charge in [-0.05, 0) is 37.5 Å². The first-order valence-electron chi connectivity index (χ1n) is 7.81. The number of benzene rings is 1. The molecule has 0 atom stereocenters. The maximum atomic E-state index is 12.2.